The van der Waals surface area contributed by atoms with Crippen molar-refractivity contribution in [2.24, 2.45) is 23.9 Å². The number of carbonyl (C=O) groups excluding carboxylic acids is 1. The van der Waals surface area contributed by atoms with Gasteiger partial charge in [-0.3, -0.25) is 9.79 Å². The quantitative estimate of drug-likeness (QED) is 0.659. The van der Waals surface area contributed by atoms with Gasteiger partial charge in [-0.25, -0.2) is 9.71 Å². The fourth-order valence-corrected chi connectivity index (χ4v) is 7.79. The van der Waals surface area contributed by atoms with E-state index in [0.717, 1.165) is 24.4 Å². The Labute approximate surface area is 218 Å². The number of aryl methyl sites for hydroxylation is 1. The molecule has 0 radical (unpaired) electrons. The summed E-state index contributed by atoms with van der Waals surface area (Å²) < 4.78 is 29.2. The predicted molar refractivity (Wildman–Crippen MR) is 143 cm³/mol. The number of hydrogen-bond donors (Lipinski definition) is 1. The summed E-state index contributed by atoms with van der Waals surface area (Å²) in [7, 11) is -2.37. The van der Waals surface area contributed by atoms with E-state index in [9.17, 15) is 13.2 Å². The Balaban J connectivity index is 0.00000264. The lowest BCUT2D eigenvalue weighted by molar-refractivity contribution is 0.0981. The van der Waals surface area contributed by atoms with Crippen LogP contribution in [0.5, 0.6) is 0 Å². The van der Waals surface area contributed by atoms with Gasteiger partial charge in [-0.15, -0.1) is 0 Å². The van der Waals surface area contributed by atoms with Crippen molar-refractivity contribution in [1.82, 2.24) is 14.3 Å². The summed E-state index contributed by atoms with van der Waals surface area (Å²) in [6.45, 7) is 0.740. The number of hydrogen-bond acceptors (Lipinski definition) is 6. The Kier molecular flexibility index (Phi) is 5.22. The smallest absolute Gasteiger partial charge is 0.283 e. The Morgan fingerprint density at radius 1 is 1.19 bits per heavy atom. The minimum atomic E-state index is -4.06. The summed E-state index contributed by atoms with van der Waals surface area (Å²) >= 11 is 0. The fraction of sp³-hybridized carbons (Fsp3) is 0.464. The van der Waals surface area contributed by atoms with Gasteiger partial charge in [-0.05, 0) is 54.5 Å². The number of aliphatic imine (C=N–C) groups is 1. The van der Waals surface area contributed by atoms with Crippen molar-refractivity contribution in [3.8, 4) is 0 Å². The van der Waals surface area contributed by atoms with Crippen LogP contribution in [-0.2, 0) is 17.1 Å². The van der Waals surface area contributed by atoms with Gasteiger partial charge >= 0.3 is 0 Å². The number of sulfonamides is 1. The number of fused-ring (bicyclic) bond motifs is 6. The molecule has 8 nitrogen and oxygen atoms in total. The van der Waals surface area contributed by atoms with Crippen LogP contribution in [-0.4, -0.2) is 48.2 Å². The number of imidazole rings is 1. The first-order chi connectivity index (χ1) is 17.9. The van der Waals surface area contributed by atoms with Crippen LogP contribution in [0, 0.1) is 11.8 Å². The number of carbonyl (C=O) groups is 1. The van der Waals surface area contributed by atoms with E-state index in [0.29, 0.717) is 29.4 Å². The summed E-state index contributed by atoms with van der Waals surface area (Å²) in [5, 5.41) is -0.172. The highest BCUT2D eigenvalue weighted by Crippen LogP contribution is 2.53. The molecule has 1 N–H and O–H groups in total. The topological polar surface area (TPSA) is 96.7 Å². The second kappa shape index (κ2) is 8.41. The lowest BCUT2D eigenvalue weighted by atomic mass is 9.72. The molecule has 2 saturated carbocycles. The first-order valence-corrected chi connectivity index (χ1v) is 14.8. The third-order valence-electron chi connectivity index (χ3n) is 8.67. The highest BCUT2D eigenvalue weighted by atomic mass is 32.2. The van der Waals surface area contributed by atoms with E-state index in [1.165, 1.54) is 60.3 Å². The summed E-state index contributed by atoms with van der Waals surface area (Å²) in [5.74, 6) is 0.845. The number of anilines is 1. The molecule has 1 aromatic carbocycles. The molecular formula is C28H33N5O3S. The first-order valence-electron chi connectivity index (χ1n) is 13.3. The van der Waals surface area contributed by atoms with E-state index in [-0.39, 0.29) is 12.5 Å². The monoisotopic (exact) mass is 519 g/mol. The molecule has 2 fully saturated rings. The highest BCUT2D eigenvalue weighted by Gasteiger charge is 2.49. The van der Waals surface area contributed by atoms with Crippen molar-refractivity contribution < 1.29 is 14.6 Å². The van der Waals surface area contributed by atoms with E-state index in [2.05, 4.69) is 38.9 Å². The Hall–Kier alpha value is -3.20. The van der Waals surface area contributed by atoms with Crippen molar-refractivity contribution in [3.63, 3.8) is 0 Å². The lowest BCUT2D eigenvalue weighted by Gasteiger charge is -2.36. The molecule has 194 valence electrons. The normalized spacial score (nSPS) is 28.3. The van der Waals surface area contributed by atoms with Gasteiger partial charge < -0.3 is 9.47 Å². The standard InChI is InChI=1S/C28H31N5O3S.H2/c1-32-15-25(29-16-32)37(35,36)31-28(34)18-9-10-20-24(14-18)33-11-5-8-22-21(12-19-13-23(19)30-22)27(33)26(20)17-6-3-2-4-7-17;/h5,8-10,12,14-17,19,23,26-27H,2-4,6-7,11,13H2,1H3,(H,31,34);1H. The van der Waals surface area contributed by atoms with Crippen LogP contribution in [0.15, 0.2) is 64.5 Å². The molecular weight excluding hydrogens is 486 g/mol. The van der Waals surface area contributed by atoms with Gasteiger partial charge in [-0.1, -0.05) is 37.5 Å². The van der Waals surface area contributed by atoms with E-state index in [4.69, 9.17) is 4.99 Å². The molecule has 4 heterocycles. The number of nitrogens with zero attached hydrogens (tertiary/aromatic N) is 4. The molecule has 0 spiro atoms. The number of aromatic nitrogens is 2. The molecule has 0 saturated heterocycles. The second-order valence-electron chi connectivity index (χ2n) is 11.1. The van der Waals surface area contributed by atoms with Crippen molar-refractivity contribution in [2.75, 3.05) is 11.4 Å². The molecule has 4 unspecified atom stereocenters. The van der Waals surface area contributed by atoms with E-state index in [1.807, 2.05) is 6.07 Å². The maximum Gasteiger partial charge on any atom is 0.283 e. The zero-order valence-corrected chi connectivity index (χ0v) is 21.7. The highest BCUT2D eigenvalue weighted by molar-refractivity contribution is 7.90. The molecule has 3 aliphatic heterocycles. The fourth-order valence-electron chi connectivity index (χ4n) is 6.83. The van der Waals surface area contributed by atoms with E-state index >= 15 is 0 Å². The van der Waals surface area contributed by atoms with Crippen LogP contribution in [0.1, 0.15) is 61.8 Å². The zero-order valence-electron chi connectivity index (χ0n) is 20.9. The SMILES string of the molecule is Cn1cnc(S(=O)(=O)NC(=O)c2ccc3c(c2)N2CC=CC4=NC5CC5C=C4C2C3C2CCCCC2)c1.[HH]. The van der Waals surface area contributed by atoms with Crippen LogP contribution >= 0.6 is 0 Å². The van der Waals surface area contributed by atoms with Gasteiger partial charge in [0.25, 0.3) is 15.9 Å². The number of dihydropyridines is 1. The Morgan fingerprint density at radius 3 is 2.81 bits per heavy atom. The molecule has 1 aromatic heterocycles. The van der Waals surface area contributed by atoms with Gasteiger partial charge in [0, 0.05) is 44.3 Å². The number of rotatable bonds is 4. The van der Waals surface area contributed by atoms with Crippen molar-refractivity contribution >= 4 is 27.3 Å². The number of allylic oxidation sites excluding steroid dienone is 1. The van der Waals surface area contributed by atoms with Gasteiger partial charge in [0.15, 0.2) is 5.03 Å². The molecule has 0 bridgehead atoms. The number of benzene rings is 1. The molecule has 37 heavy (non-hydrogen) atoms. The van der Waals surface area contributed by atoms with Crippen LogP contribution in [0.2, 0.25) is 0 Å². The molecule has 7 rings (SSSR count). The summed E-state index contributed by atoms with van der Waals surface area (Å²) in [6.07, 6.45) is 17.0. The van der Waals surface area contributed by atoms with Crippen LogP contribution in [0.3, 0.4) is 0 Å². The zero-order chi connectivity index (χ0) is 25.3. The summed E-state index contributed by atoms with van der Waals surface area (Å²) in [5.41, 5.74) is 5.10. The molecule has 2 aromatic rings. The Bertz CT molecular complexity index is 1490. The maximum absolute atomic E-state index is 13.1. The largest absolute Gasteiger partial charge is 0.360 e. The van der Waals surface area contributed by atoms with E-state index in [1.54, 1.807) is 13.1 Å². The van der Waals surface area contributed by atoms with Gasteiger partial charge in [0.1, 0.15) is 0 Å². The third-order valence-corrected chi connectivity index (χ3v) is 9.89. The number of nitrogens with one attached hydrogen (secondary N) is 1. The van der Waals surface area contributed by atoms with Crippen LogP contribution in [0.4, 0.5) is 5.69 Å². The van der Waals surface area contributed by atoms with Crippen LogP contribution in [0.25, 0.3) is 0 Å². The Morgan fingerprint density at radius 2 is 2.03 bits per heavy atom. The lowest BCUT2D eigenvalue weighted by Crippen LogP contribution is -2.40. The van der Waals surface area contributed by atoms with Crippen molar-refractivity contribution in [1.29, 1.82) is 0 Å². The third kappa shape index (κ3) is 3.86. The summed E-state index contributed by atoms with van der Waals surface area (Å²) in [4.78, 5) is 24.5. The second-order valence-corrected chi connectivity index (χ2v) is 12.7. The minimum absolute atomic E-state index is 0. The van der Waals surface area contributed by atoms with Gasteiger partial charge in [-0.2, -0.15) is 8.42 Å². The predicted octanol–water partition coefficient (Wildman–Crippen LogP) is 3.98. The molecule has 2 aliphatic carbocycles. The average Bonchev–Trinajstić information content (AvgIpc) is 3.44. The van der Waals surface area contributed by atoms with Crippen molar-refractivity contribution in [3.05, 3.63) is 65.7 Å². The first kappa shape index (κ1) is 23.0. The summed E-state index contributed by atoms with van der Waals surface area (Å²) in [6, 6.07) is 6.37. The minimum Gasteiger partial charge on any atom is -0.360 e. The van der Waals surface area contributed by atoms with Crippen LogP contribution < -0.4 is 9.62 Å². The van der Waals surface area contributed by atoms with E-state index < -0.39 is 15.9 Å². The molecule has 4 atom stereocenters. The molecule has 1 amide bonds. The molecule has 9 heteroatoms. The number of amides is 1. The van der Waals surface area contributed by atoms with Gasteiger partial charge in [0.2, 0.25) is 0 Å². The van der Waals surface area contributed by atoms with Gasteiger partial charge in [0.05, 0.1) is 24.1 Å². The average molecular weight is 520 g/mol. The molecule has 5 aliphatic rings. The van der Waals surface area contributed by atoms with Crippen molar-refractivity contribution in [2.45, 2.75) is 61.6 Å². The maximum atomic E-state index is 13.1.